The molecule has 0 radical (unpaired) electrons. The molecule has 5 heteroatoms. The van der Waals surface area contributed by atoms with Gasteiger partial charge in [-0.15, -0.1) is 0 Å². The summed E-state index contributed by atoms with van der Waals surface area (Å²) in [6, 6.07) is 3.46. The van der Waals surface area contributed by atoms with Gasteiger partial charge in [-0.1, -0.05) is 39.1 Å². The molecular formula is C11H11BrCl2O2. The van der Waals surface area contributed by atoms with Gasteiger partial charge in [0.2, 0.25) is 0 Å². The Morgan fingerprint density at radius 2 is 1.88 bits per heavy atom. The first-order chi connectivity index (χ1) is 7.58. The van der Waals surface area contributed by atoms with Crippen molar-refractivity contribution >= 4 is 45.1 Å². The normalized spacial score (nSPS) is 10.2. The predicted molar refractivity (Wildman–Crippen MR) is 69.4 cm³/mol. The number of hydrogen-bond donors (Lipinski definition) is 0. The Kier molecular flexibility index (Phi) is 5.59. The zero-order chi connectivity index (χ0) is 12.1. The second-order valence-corrected chi connectivity index (χ2v) is 4.53. The molecule has 1 aromatic rings. The van der Waals surface area contributed by atoms with Crippen LogP contribution in [0.4, 0.5) is 0 Å². The summed E-state index contributed by atoms with van der Waals surface area (Å²) in [5.74, 6) is -0.299. The van der Waals surface area contributed by atoms with Crippen LogP contribution in [0.25, 0.3) is 0 Å². The predicted octanol–water partition coefficient (Wildman–Crippen LogP) is 3.99. The van der Waals surface area contributed by atoms with Crippen molar-refractivity contribution in [2.24, 2.45) is 0 Å². The van der Waals surface area contributed by atoms with E-state index in [0.29, 0.717) is 27.5 Å². The first-order valence-electron chi connectivity index (χ1n) is 4.76. The largest absolute Gasteiger partial charge is 0.466 e. The van der Waals surface area contributed by atoms with E-state index in [4.69, 9.17) is 27.9 Å². The smallest absolute Gasteiger partial charge is 0.310 e. The molecule has 0 fully saturated rings. The van der Waals surface area contributed by atoms with Crippen LogP contribution in [0.15, 0.2) is 12.1 Å². The molecule has 0 heterocycles. The highest BCUT2D eigenvalue weighted by Gasteiger charge is 2.11. The van der Waals surface area contributed by atoms with Gasteiger partial charge >= 0.3 is 5.97 Å². The Morgan fingerprint density at radius 1 is 1.31 bits per heavy atom. The van der Waals surface area contributed by atoms with Crippen LogP contribution in [0, 0.1) is 0 Å². The van der Waals surface area contributed by atoms with Crippen LogP contribution in [0.2, 0.25) is 10.0 Å². The van der Waals surface area contributed by atoms with Crippen molar-refractivity contribution in [1.29, 1.82) is 0 Å². The number of rotatable bonds is 4. The lowest BCUT2D eigenvalue weighted by molar-refractivity contribution is -0.142. The van der Waals surface area contributed by atoms with Gasteiger partial charge in [-0.3, -0.25) is 4.79 Å². The summed E-state index contributed by atoms with van der Waals surface area (Å²) in [7, 11) is 0. The van der Waals surface area contributed by atoms with Crippen molar-refractivity contribution in [3.05, 3.63) is 33.3 Å². The van der Waals surface area contributed by atoms with Crippen molar-refractivity contribution in [2.75, 3.05) is 6.61 Å². The number of benzene rings is 1. The lowest BCUT2D eigenvalue weighted by atomic mass is 10.1. The van der Waals surface area contributed by atoms with Crippen LogP contribution >= 0.6 is 39.1 Å². The van der Waals surface area contributed by atoms with E-state index in [9.17, 15) is 4.79 Å². The van der Waals surface area contributed by atoms with Crippen LogP contribution in [0.1, 0.15) is 18.1 Å². The summed E-state index contributed by atoms with van der Waals surface area (Å²) >= 11 is 15.4. The van der Waals surface area contributed by atoms with E-state index >= 15 is 0 Å². The molecule has 0 aliphatic carbocycles. The molecule has 0 bridgehead atoms. The second kappa shape index (κ2) is 6.48. The second-order valence-electron chi connectivity index (χ2n) is 3.15. The fraction of sp³-hybridized carbons (Fsp3) is 0.364. The van der Waals surface area contributed by atoms with Crippen LogP contribution in [-0.2, 0) is 21.3 Å². The van der Waals surface area contributed by atoms with E-state index in [-0.39, 0.29) is 12.4 Å². The molecule has 1 rings (SSSR count). The van der Waals surface area contributed by atoms with Crippen molar-refractivity contribution in [3.63, 3.8) is 0 Å². The van der Waals surface area contributed by atoms with Gasteiger partial charge in [-0.2, -0.15) is 0 Å². The molecule has 0 saturated heterocycles. The van der Waals surface area contributed by atoms with Gasteiger partial charge in [0.1, 0.15) is 0 Å². The first-order valence-corrected chi connectivity index (χ1v) is 6.64. The number of halogens is 3. The van der Waals surface area contributed by atoms with Gasteiger partial charge in [0, 0.05) is 15.4 Å². The van der Waals surface area contributed by atoms with Gasteiger partial charge in [-0.05, 0) is 30.2 Å². The molecule has 0 saturated carbocycles. The highest BCUT2D eigenvalue weighted by molar-refractivity contribution is 9.08. The molecule has 16 heavy (non-hydrogen) atoms. The lowest BCUT2D eigenvalue weighted by Crippen LogP contribution is -2.08. The molecule has 0 aliphatic heterocycles. The van der Waals surface area contributed by atoms with Gasteiger partial charge in [0.05, 0.1) is 13.0 Å². The van der Waals surface area contributed by atoms with Crippen LogP contribution in [0.3, 0.4) is 0 Å². The zero-order valence-electron chi connectivity index (χ0n) is 8.73. The molecule has 1 aromatic carbocycles. The van der Waals surface area contributed by atoms with E-state index in [1.807, 2.05) is 0 Å². The fourth-order valence-electron chi connectivity index (χ4n) is 1.23. The third-order valence-corrected chi connectivity index (χ3v) is 3.31. The maximum absolute atomic E-state index is 11.3. The molecule has 0 spiro atoms. The summed E-state index contributed by atoms with van der Waals surface area (Å²) in [4.78, 5) is 11.3. The third kappa shape index (κ3) is 3.65. The monoisotopic (exact) mass is 324 g/mol. The van der Waals surface area contributed by atoms with Crippen molar-refractivity contribution in [1.82, 2.24) is 0 Å². The topological polar surface area (TPSA) is 26.3 Å². The molecule has 88 valence electrons. The molecule has 0 atom stereocenters. The maximum atomic E-state index is 11.3. The summed E-state index contributed by atoms with van der Waals surface area (Å²) in [5.41, 5.74) is 1.59. The SMILES string of the molecule is CCOC(=O)Cc1cc(Cl)c(CBr)cc1Cl. The average molecular weight is 326 g/mol. The van der Waals surface area contributed by atoms with E-state index in [1.165, 1.54) is 0 Å². The van der Waals surface area contributed by atoms with Crippen LogP contribution < -0.4 is 0 Å². The molecular weight excluding hydrogens is 315 g/mol. The quantitative estimate of drug-likeness (QED) is 0.618. The standard InChI is InChI=1S/C11H11BrCl2O2/c1-2-16-11(15)5-7-3-10(14)8(6-12)4-9(7)13/h3-4H,2,5-6H2,1H3. The third-order valence-electron chi connectivity index (χ3n) is 2.00. The summed E-state index contributed by atoms with van der Waals surface area (Å²) in [6.07, 6.45) is 0.148. The fourth-order valence-corrected chi connectivity index (χ4v) is 2.37. The lowest BCUT2D eigenvalue weighted by Gasteiger charge is -2.07. The number of alkyl halides is 1. The molecule has 0 unspecified atom stereocenters. The number of carbonyl (C=O) groups excluding carboxylic acids is 1. The Labute approximate surface area is 113 Å². The summed E-state index contributed by atoms with van der Waals surface area (Å²) < 4.78 is 4.85. The van der Waals surface area contributed by atoms with Gasteiger partial charge in [-0.25, -0.2) is 0 Å². The van der Waals surface area contributed by atoms with Crippen LogP contribution in [0.5, 0.6) is 0 Å². The van der Waals surface area contributed by atoms with Gasteiger partial charge < -0.3 is 4.74 Å². The van der Waals surface area contributed by atoms with Crippen molar-refractivity contribution < 1.29 is 9.53 Å². The number of hydrogen-bond acceptors (Lipinski definition) is 2. The first kappa shape index (κ1) is 13.8. The Morgan fingerprint density at radius 3 is 2.44 bits per heavy atom. The Balaban J connectivity index is 2.89. The minimum absolute atomic E-state index is 0.148. The van der Waals surface area contributed by atoms with E-state index < -0.39 is 0 Å². The highest BCUT2D eigenvalue weighted by atomic mass is 79.9. The molecule has 0 amide bonds. The minimum Gasteiger partial charge on any atom is -0.466 e. The van der Waals surface area contributed by atoms with Crippen molar-refractivity contribution in [2.45, 2.75) is 18.7 Å². The minimum atomic E-state index is -0.299. The molecule has 2 nitrogen and oxygen atoms in total. The average Bonchev–Trinajstić information content (AvgIpc) is 2.23. The van der Waals surface area contributed by atoms with Gasteiger partial charge in [0.15, 0.2) is 0 Å². The van der Waals surface area contributed by atoms with Gasteiger partial charge in [0.25, 0.3) is 0 Å². The number of ether oxygens (including phenoxy) is 1. The maximum Gasteiger partial charge on any atom is 0.310 e. The summed E-state index contributed by atoms with van der Waals surface area (Å²) in [6.45, 7) is 2.13. The van der Waals surface area contributed by atoms with E-state index in [1.54, 1.807) is 19.1 Å². The Hall–Kier alpha value is -0.250. The summed E-state index contributed by atoms with van der Waals surface area (Å²) in [5, 5.41) is 1.76. The zero-order valence-corrected chi connectivity index (χ0v) is 11.8. The number of carbonyl (C=O) groups is 1. The van der Waals surface area contributed by atoms with Crippen LogP contribution in [-0.4, -0.2) is 12.6 Å². The highest BCUT2D eigenvalue weighted by Crippen LogP contribution is 2.27. The molecule has 0 aliphatic rings. The number of esters is 1. The van der Waals surface area contributed by atoms with E-state index in [0.717, 1.165) is 5.56 Å². The molecule has 0 N–H and O–H groups in total. The Bertz CT molecular complexity index is 394. The van der Waals surface area contributed by atoms with Crippen molar-refractivity contribution in [3.8, 4) is 0 Å². The molecule has 0 aromatic heterocycles. The van der Waals surface area contributed by atoms with E-state index in [2.05, 4.69) is 15.9 Å².